The van der Waals surface area contributed by atoms with E-state index in [0.29, 0.717) is 5.11 Å². The van der Waals surface area contributed by atoms with Gasteiger partial charge < -0.3 is 15.4 Å². The van der Waals surface area contributed by atoms with Crippen LogP contribution in [0, 0.1) is 13.8 Å². The van der Waals surface area contributed by atoms with Gasteiger partial charge in [0.1, 0.15) is 5.75 Å². The number of aryl methyl sites for hydroxylation is 2. The predicted molar refractivity (Wildman–Crippen MR) is 88.8 cm³/mol. The second-order valence-corrected chi connectivity index (χ2v) is 5.03. The third kappa shape index (κ3) is 3.71. The monoisotopic (exact) mass is 286 g/mol. The molecule has 0 radical (unpaired) electrons. The molecule has 0 fully saturated rings. The fourth-order valence-electron chi connectivity index (χ4n) is 1.83. The number of benzene rings is 2. The molecule has 0 spiro atoms. The van der Waals surface area contributed by atoms with Crippen molar-refractivity contribution in [2.45, 2.75) is 13.8 Å². The Morgan fingerprint density at radius 2 is 1.70 bits per heavy atom. The Hall–Kier alpha value is -2.07. The molecular weight excluding hydrogens is 268 g/mol. The van der Waals surface area contributed by atoms with Gasteiger partial charge in [-0.15, -0.1) is 0 Å². The Morgan fingerprint density at radius 1 is 1.00 bits per heavy atom. The van der Waals surface area contributed by atoms with Crippen molar-refractivity contribution < 1.29 is 4.74 Å². The molecule has 2 rings (SSSR count). The van der Waals surface area contributed by atoms with Crippen LogP contribution in [-0.4, -0.2) is 12.2 Å². The number of nitrogens with one attached hydrogen (secondary N) is 2. The molecule has 0 saturated heterocycles. The topological polar surface area (TPSA) is 33.3 Å². The summed E-state index contributed by atoms with van der Waals surface area (Å²) in [5.74, 6) is 0.823. The standard InChI is InChI=1S/C16H18N2OS/c1-11-4-5-12(2)15(10-11)18-16(20)17-13-6-8-14(19-3)9-7-13/h4-10H,1-3H3,(H2,17,18,20). The van der Waals surface area contributed by atoms with Crippen LogP contribution in [0.5, 0.6) is 5.75 Å². The van der Waals surface area contributed by atoms with Crippen molar-refractivity contribution in [3.05, 3.63) is 53.6 Å². The molecule has 3 nitrogen and oxygen atoms in total. The van der Waals surface area contributed by atoms with Gasteiger partial charge in [0.25, 0.3) is 0 Å². The van der Waals surface area contributed by atoms with Crippen LogP contribution in [0.3, 0.4) is 0 Å². The summed E-state index contributed by atoms with van der Waals surface area (Å²) in [6.45, 7) is 4.11. The van der Waals surface area contributed by atoms with Gasteiger partial charge in [0.2, 0.25) is 0 Å². The van der Waals surface area contributed by atoms with Gasteiger partial charge in [-0.2, -0.15) is 0 Å². The van der Waals surface area contributed by atoms with Crippen molar-refractivity contribution in [1.29, 1.82) is 0 Å². The highest BCUT2D eigenvalue weighted by Gasteiger charge is 2.02. The molecule has 20 heavy (non-hydrogen) atoms. The molecule has 4 heteroatoms. The molecule has 0 unspecified atom stereocenters. The summed E-state index contributed by atoms with van der Waals surface area (Å²) in [6, 6.07) is 13.9. The van der Waals surface area contributed by atoms with Crippen LogP contribution in [0.25, 0.3) is 0 Å². The highest BCUT2D eigenvalue weighted by atomic mass is 32.1. The molecule has 0 atom stereocenters. The third-order valence-electron chi connectivity index (χ3n) is 2.99. The molecule has 0 aromatic heterocycles. The first-order valence-electron chi connectivity index (χ1n) is 6.38. The van der Waals surface area contributed by atoms with E-state index in [4.69, 9.17) is 17.0 Å². The summed E-state index contributed by atoms with van der Waals surface area (Å²) in [5.41, 5.74) is 4.31. The van der Waals surface area contributed by atoms with Crippen LogP contribution < -0.4 is 15.4 Å². The third-order valence-corrected chi connectivity index (χ3v) is 3.19. The van der Waals surface area contributed by atoms with Crippen LogP contribution in [-0.2, 0) is 0 Å². The molecular formula is C16H18N2OS. The van der Waals surface area contributed by atoms with E-state index in [1.165, 1.54) is 5.56 Å². The van der Waals surface area contributed by atoms with Gasteiger partial charge in [-0.1, -0.05) is 12.1 Å². The van der Waals surface area contributed by atoms with E-state index in [1.54, 1.807) is 7.11 Å². The van der Waals surface area contributed by atoms with Crippen molar-refractivity contribution >= 4 is 28.7 Å². The Bertz CT molecular complexity index is 608. The number of thiocarbonyl (C=S) groups is 1. The van der Waals surface area contributed by atoms with Crippen LogP contribution >= 0.6 is 12.2 Å². The fraction of sp³-hybridized carbons (Fsp3) is 0.188. The number of hydrogen-bond donors (Lipinski definition) is 2. The lowest BCUT2D eigenvalue weighted by Gasteiger charge is -2.13. The lowest BCUT2D eigenvalue weighted by atomic mass is 10.1. The first-order chi connectivity index (χ1) is 9.58. The summed E-state index contributed by atoms with van der Waals surface area (Å²) < 4.78 is 5.12. The maximum atomic E-state index is 5.33. The zero-order valence-electron chi connectivity index (χ0n) is 11.9. The van der Waals surface area contributed by atoms with Gasteiger partial charge in [0.15, 0.2) is 5.11 Å². The fourth-order valence-corrected chi connectivity index (χ4v) is 2.06. The molecule has 104 valence electrons. The van der Waals surface area contributed by atoms with E-state index in [9.17, 15) is 0 Å². The number of methoxy groups -OCH3 is 1. The first kappa shape index (κ1) is 14.3. The second kappa shape index (κ2) is 6.39. The van der Waals surface area contributed by atoms with Crippen LogP contribution in [0.2, 0.25) is 0 Å². The molecule has 2 N–H and O–H groups in total. The van der Waals surface area contributed by atoms with Crippen molar-refractivity contribution in [3.63, 3.8) is 0 Å². The Labute approximate surface area is 125 Å². The molecule has 0 aliphatic rings. The largest absolute Gasteiger partial charge is 0.497 e. The van der Waals surface area contributed by atoms with Gasteiger partial charge in [-0.3, -0.25) is 0 Å². The molecule has 0 bridgehead atoms. The quantitative estimate of drug-likeness (QED) is 0.832. The van der Waals surface area contributed by atoms with Gasteiger partial charge in [0, 0.05) is 11.4 Å². The molecule has 0 aliphatic carbocycles. The average molecular weight is 286 g/mol. The summed E-state index contributed by atoms with van der Waals surface area (Å²) >= 11 is 5.33. The van der Waals surface area contributed by atoms with Gasteiger partial charge in [0.05, 0.1) is 7.11 Å². The van der Waals surface area contributed by atoms with E-state index in [0.717, 1.165) is 22.7 Å². The smallest absolute Gasteiger partial charge is 0.175 e. The van der Waals surface area contributed by atoms with Gasteiger partial charge in [-0.05, 0) is 67.5 Å². The summed E-state index contributed by atoms with van der Waals surface area (Å²) in [4.78, 5) is 0. The maximum Gasteiger partial charge on any atom is 0.175 e. The summed E-state index contributed by atoms with van der Waals surface area (Å²) in [6.07, 6.45) is 0. The van der Waals surface area contributed by atoms with Crippen LogP contribution in [0.4, 0.5) is 11.4 Å². The minimum Gasteiger partial charge on any atom is -0.497 e. The molecule has 0 aliphatic heterocycles. The minimum atomic E-state index is 0.573. The highest BCUT2D eigenvalue weighted by Crippen LogP contribution is 2.18. The van der Waals surface area contributed by atoms with Gasteiger partial charge in [-0.25, -0.2) is 0 Å². The average Bonchev–Trinajstić information content (AvgIpc) is 2.43. The number of rotatable bonds is 3. The molecule has 2 aromatic carbocycles. The summed E-state index contributed by atoms with van der Waals surface area (Å²) in [5, 5.41) is 6.94. The Morgan fingerprint density at radius 3 is 2.35 bits per heavy atom. The number of anilines is 2. The molecule has 0 heterocycles. The molecule has 0 amide bonds. The van der Waals surface area contributed by atoms with Crippen molar-refractivity contribution in [2.75, 3.05) is 17.7 Å². The lowest BCUT2D eigenvalue weighted by molar-refractivity contribution is 0.415. The number of hydrogen-bond acceptors (Lipinski definition) is 2. The minimum absolute atomic E-state index is 0.573. The molecule has 2 aromatic rings. The highest BCUT2D eigenvalue weighted by molar-refractivity contribution is 7.80. The van der Waals surface area contributed by atoms with E-state index in [-0.39, 0.29) is 0 Å². The van der Waals surface area contributed by atoms with E-state index in [1.807, 2.05) is 24.3 Å². The van der Waals surface area contributed by atoms with Crippen LogP contribution in [0.1, 0.15) is 11.1 Å². The zero-order chi connectivity index (χ0) is 14.5. The van der Waals surface area contributed by atoms with E-state index < -0.39 is 0 Å². The van der Waals surface area contributed by atoms with Gasteiger partial charge >= 0.3 is 0 Å². The Kier molecular flexibility index (Phi) is 4.58. The van der Waals surface area contributed by atoms with E-state index in [2.05, 4.69) is 42.7 Å². The SMILES string of the molecule is COc1ccc(NC(=S)Nc2cc(C)ccc2C)cc1. The zero-order valence-corrected chi connectivity index (χ0v) is 12.7. The second-order valence-electron chi connectivity index (χ2n) is 4.63. The van der Waals surface area contributed by atoms with Crippen molar-refractivity contribution in [1.82, 2.24) is 0 Å². The normalized spacial score (nSPS) is 9.95. The Balaban J connectivity index is 2.03. The predicted octanol–water partition coefficient (Wildman–Crippen LogP) is 4.12. The first-order valence-corrected chi connectivity index (χ1v) is 6.78. The molecule has 0 saturated carbocycles. The maximum absolute atomic E-state index is 5.33. The lowest BCUT2D eigenvalue weighted by Crippen LogP contribution is -2.19. The van der Waals surface area contributed by atoms with E-state index >= 15 is 0 Å². The van der Waals surface area contributed by atoms with Crippen molar-refractivity contribution in [2.24, 2.45) is 0 Å². The number of ether oxygens (including phenoxy) is 1. The van der Waals surface area contributed by atoms with Crippen molar-refractivity contribution in [3.8, 4) is 5.75 Å². The summed E-state index contributed by atoms with van der Waals surface area (Å²) in [7, 11) is 1.65. The van der Waals surface area contributed by atoms with Crippen LogP contribution in [0.15, 0.2) is 42.5 Å².